The van der Waals surface area contributed by atoms with Crippen LogP contribution in [0.5, 0.6) is 5.75 Å². The lowest BCUT2D eigenvalue weighted by molar-refractivity contribution is -0.121. The van der Waals surface area contributed by atoms with E-state index in [1.807, 2.05) is 43.3 Å². The van der Waals surface area contributed by atoms with E-state index in [1.165, 1.54) is 6.21 Å². The van der Waals surface area contributed by atoms with E-state index in [1.54, 1.807) is 19.1 Å². The van der Waals surface area contributed by atoms with Crippen molar-refractivity contribution in [3.05, 3.63) is 71.8 Å². The van der Waals surface area contributed by atoms with Crippen LogP contribution < -0.4 is 10.7 Å². The van der Waals surface area contributed by atoms with Crippen molar-refractivity contribution < 1.29 is 9.90 Å². The molecule has 25 heavy (non-hydrogen) atoms. The van der Waals surface area contributed by atoms with Crippen LogP contribution >= 0.6 is 0 Å². The minimum absolute atomic E-state index is 0.145. The molecule has 2 aromatic rings. The zero-order valence-corrected chi connectivity index (χ0v) is 14.5. The fraction of sp³-hybridized carbons (Fsp3) is 0.200. The summed E-state index contributed by atoms with van der Waals surface area (Å²) in [6.07, 6.45) is 3.72. The Kier molecular flexibility index (Phi) is 6.34. The predicted molar refractivity (Wildman–Crippen MR) is 102 cm³/mol. The highest BCUT2D eigenvalue weighted by atomic mass is 16.3. The number of phenols is 1. The molecule has 0 spiro atoms. The summed E-state index contributed by atoms with van der Waals surface area (Å²) in [5.41, 5.74) is 5.78. The first-order valence-electron chi connectivity index (χ1n) is 8.09. The highest BCUT2D eigenvalue weighted by Crippen LogP contribution is 2.21. The van der Waals surface area contributed by atoms with Gasteiger partial charge in [-0.05, 0) is 49.6 Å². The van der Waals surface area contributed by atoms with Gasteiger partial charge in [0, 0.05) is 11.3 Å². The zero-order chi connectivity index (χ0) is 18.2. The van der Waals surface area contributed by atoms with Crippen LogP contribution in [0.1, 0.15) is 23.6 Å². The molecule has 130 valence electrons. The molecule has 0 aromatic heterocycles. The van der Waals surface area contributed by atoms with E-state index in [0.29, 0.717) is 12.0 Å². The maximum absolute atomic E-state index is 12.1. The van der Waals surface area contributed by atoms with Crippen LogP contribution in [0.2, 0.25) is 0 Å². The van der Waals surface area contributed by atoms with E-state index < -0.39 is 6.04 Å². The molecule has 3 N–H and O–H groups in total. The number of allylic oxidation sites excluding steroid dienone is 1. The molecular weight excluding hydrogens is 314 g/mol. The summed E-state index contributed by atoms with van der Waals surface area (Å²) < 4.78 is 0. The number of nitrogens with one attached hydrogen (secondary N) is 2. The molecule has 2 rings (SSSR count). The number of anilines is 1. The van der Waals surface area contributed by atoms with Gasteiger partial charge in [0.1, 0.15) is 11.8 Å². The number of hydrazone groups is 1. The second kappa shape index (κ2) is 8.68. The van der Waals surface area contributed by atoms with Gasteiger partial charge in [0.25, 0.3) is 5.91 Å². The van der Waals surface area contributed by atoms with Crippen molar-refractivity contribution in [2.45, 2.75) is 26.3 Å². The Morgan fingerprint density at radius 3 is 2.80 bits per heavy atom. The molecule has 0 aliphatic rings. The molecule has 5 nitrogen and oxygen atoms in total. The number of para-hydroxylation sites is 1. The second-order valence-electron chi connectivity index (χ2n) is 5.82. The van der Waals surface area contributed by atoms with Gasteiger partial charge < -0.3 is 10.4 Å². The van der Waals surface area contributed by atoms with Gasteiger partial charge in [0.2, 0.25) is 0 Å². The largest absolute Gasteiger partial charge is 0.507 e. The molecular formula is C20H23N3O2. The van der Waals surface area contributed by atoms with Crippen LogP contribution in [-0.4, -0.2) is 23.3 Å². The number of aryl methyl sites for hydroxylation is 1. The minimum Gasteiger partial charge on any atom is -0.507 e. The number of nitrogens with zero attached hydrogens (tertiary/aromatic N) is 1. The molecule has 1 atom stereocenters. The molecule has 0 fully saturated rings. The van der Waals surface area contributed by atoms with E-state index in [0.717, 1.165) is 16.8 Å². The van der Waals surface area contributed by atoms with Crippen LogP contribution in [0.15, 0.2) is 60.2 Å². The summed E-state index contributed by atoms with van der Waals surface area (Å²) in [6.45, 7) is 7.42. The van der Waals surface area contributed by atoms with Gasteiger partial charge in [-0.1, -0.05) is 30.3 Å². The quantitative estimate of drug-likeness (QED) is 0.412. The Morgan fingerprint density at radius 1 is 1.32 bits per heavy atom. The van der Waals surface area contributed by atoms with E-state index >= 15 is 0 Å². The maximum atomic E-state index is 12.1. The highest BCUT2D eigenvalue weighted by molar-refractivity contribution is 5.88. The van der Waals surface area contributed by atoms with Crippen LogP contribution in [0.25, 0.3) is 0 Å². The van der Waals surface area contributed by atoms with Gasteiger partial charge in [-0.3, -0.25) is 4.79 Å². The van der Waals surface area contributed by atoms with Crippen molar-refractivity contribution in [3.63, 3.8) is 0 Å². The summed E-state index contributed by atoms with van der Waals surface area (Å²) in [5.74, 6) is -0.120. The van der Waals surface area contributed by atoms with Crippen molar-refractivity contribution in [2.24, 2.45) is 5.10 Å². The first-order valence-corrected chi connectivity index (χ1v) is 8.09. The number of carbonyl (C=O) groups excluding carboxylic acids is 1. The Balaban J connectivity index is 1.96. The number of hydrogen-bond acceptors (Lipinski definition) is 4. The molecule has 0 radical (unpaired) electrons. The molecule has 0 aliphatic heterocycles. The van der Waals surface area contributed by atoms with Crippen molar-refractivity contribution >= 4 is 17.8 Å². The molecule has 2 aromatic carbocycles. The number of rotatable bonds is 7. The van der Waals surface area contributed by atoms with E-state index in [4.69, 9.17) is 0 Å². The molecule has 5 heteroatoms. The lowest BCUT2D eigenvalue weighted by Gasteiger charge is -2.13. The van der Waals surface area contributed by atoms with Crippen LogP contribution in [0.3, 0.4) is 0 Å². The van der Waals surface area contributed by atoms with Gasteiger partial charge in [-0.2, -0.15) is 5.10 Å². The van der Waals surface area contributed by atoms with Crippen molar-refractivity contribution in [2.75, 3.05) is 5.32 Å². The SMILES string of the molecule is C=CCc1cccc(/C=N\NC(=O)[C@@H](C)Nc2cccc(C)c2)c1O. The molecule has 1 amide bonds. The molecule has 0 aliphatic carbocycles. The summed E-state index contributed by atoms with van der Waals surface area (Å²) in [7, 11) is 0. The standard InChI is InChI=1S/C20H23N3O2/c1-4-7-16-9-6-10-17(19(16)24)13-21-23-20(25)15(3)22-18-11-5-8-14(2)12-18/h4-6,8-13,15,22,24H,1,7H2,2-3H3,(H,23,25)/b21-13-/t15-/m1/s1. The predicted octanol–water partition coefficient (Wildman–Crippen LogP) is 3.38. The van der Waals surface area contributed by atoms with Crippen molar-refractivity contribution in [1.82, 2.24) is 5.43 Å². The summed E-state index contributed by atoms with van der Waals surface area (Å²) in [4.78, 5) is 12.1. The fourth-order valence-electron chi connectivity index (χ4n) is 2.35. The summed E-state index contributed by atoms with van der Waals surface area (Å²) >= 11 is 0. The van der Waals surface area contributed by atoms with Gasteiger partial charge in [-0.15, -0.1) is 6.58 Å². The number of benzene rings is 2. The van der Waals surface area contributed by atoms with Crippen LogP contribution in [-0.2, 0) is 11.2 Å². The third kappa shape index (κ3) is 5.21. The number of amides is 1. The molecule has 0 saturated heterocycles. The first kappa shape index (κ1) is 18.3. The van der Waals surface area contributed by atoms with Gasteiger partial charge >= 0.3 is 0 Å². The highest BCUT2D eigenvalue weighted by Gasteiger charge is 2.11. The first-order chi connectivity index (χ1) is 12.0. The van der Waals surface area contributed by atoms with E-state index in [-0.39, 0.29) is 11.7 Å². The number of phenolic OH excluding ortho intramolecular Hbond substituents is 1. The normalized spacial score (nSPS) is 11.9. The van der Waals surface area contributed by atoms with Crippen molar-refractivity contribution in [3.8, 4) is 5.75 Å². The minimum atomic E-state index is -0.445. The average Bonchev–Trinajstić information content (AvgIpc) is 2.58. The van der Waals surface area contributed by atoms with E-state index in [9.17, 15) is 9.90 Å². The number of hydrogen-bond donors (Lipinski definition) is 3. The lowest BCUT2D eigenvalue weighted by Crippen LogP contribution is -2.34. The maximum Gasteiger partial charge on any atom is 0.262 e. The van der Waals surface area contributed by atoms with Gasteiger partial charge in [0.15, 0.2) is 0 Å². The third-order valence-corrected chi connectivity index (χ3v) is 3.69. The summed E-state index contributed by atoms with van der Waals surface area (Å²) in [6, 6.07) is 12.7. The fourth-order valence-corrected chi connectivity index (χ4v) is 2.35. The third-order valence-electron chi connectivity index (χ3n) is 3.69. The van der Waals surface area contributed by atoms with Crippen LogP contribution in [0.4, 0.5) is 5.69 Å². The molecule has 0 unspecified atom stereocenters. The average molecular weight is 337 g/mol. The van der Waals surface area contributed by atoms with Crippen molar-refractivity contribution in [1.29, 1.82) is 0 Å². The van der Waals surface area contributed by atoms with Gasteiger partial charge in [0.05, 0.1) is 6.21 Å². The number of carbonyl (C=O) groups is 1. The Hall–Kier alpha value is -3.08. The lowest BCUT2D eigenvalue weighted by atomic mass is 10.1. The number of aromatic hydroxyl groups is 1. The Labute approximate surface area is 148 Å². The zero-order valence-electron chi connectivity index (χ0n) is 14.5. The molecule has 0 bridgehead atoms. The van der Waals surface area contributed by atoms with Gasteiger partial charge in [-0.25, -0.2) is 5.43 Å². The van der Waals surface area contributed by atoms with E-state index in [2.05, 4.69) is 22.4 Å². The second-order valence-corrected chi connectivity index (χ2v) is 5.82. The smallest absolute Gasteiger partial charge is 0.262 e. The monoisotopic (exact) mass is 337 g/mol. The van der Waals surface area contributed by atoms with Crippen LogP contribution in [0, 0.1) is 6.92 Å². The summed E-state index contributed by atoms with van der Waals surface area (Å²) in [5, 5.41) is 17.2. The Morgan fingerprint density at radius 2 is 2.08 bits per heavy atom. The topological polar surface area (TPSA) is 73.7 Å². The molecule has 0 saturated carbocycles. The Bertz CT molecular complexity index is 784. The molecule has 0 heterocycles.